The molecule has 0 aliphatic rings. The molecule has 40 heavy (non-hydrogen) atoms. The Morgan fingerprint density at radius 2 is 1.50 bits per heavy atom. The Kier molecular flexibility index (Phi) is 8.49. The number of nitro benzene ring substituents is 1. The van der Waals surface area contributed by atoms with E-state index in [1.165, 1.54) is 59.1 Å². The molecule has 0 saturated heterocycles. The van der Waals surface area contributed by atoms with Gasteiger partial charge in [-0.2, -0.15) is 0 Å². The molecular formula is C28H24N2O10. The minimum Gasteiger partial charge on any atom is -0.493 e. The number of carbonyl (C=O) groups is 1. The van der Waals surface area contributed by atoms with Gasteiger partial charge in [-0.1, -0.05) is 0 Å². The van der Waals surface area contributed by atoms with Crippen LogP contribution < -0.4 is 28.4 Å². The highest BCUT2D eigenvalue weighted by molar-refractivity contribution is 5.84. The summed E-state index contributed by atoms with van der Waals surface area (Å²) in [6.45, 7) is 0. The maximum absolute atomic E-state index is 12.2. The van der Waals surface area contributed by atoms with Crippen molar-refractivity contribution >= 4 is 11.7 Å². The predicted octanol–water partition coefficient (Wildman–Crippen LogP) is 5.45. The van der Waals surface area contributed by atoms with Crippen LogP contribution in [-0.2, 0) is 4.79 Å². The number of benzene rings is 3. The van der Waals surface area contributed by atoms with E-state index in [9.17, 15) is 14.9 Å². The maximum Gasteiger partial charge on any atom is 0.339 e. The predicted molar refractivity (Wildman–Crippen MR) is 142 cm³/mol. The van der Waals surface area contributed by atoms with Crippen LogP contribution in [0.15, 0.2) is 77.7 Å². The summed E-state index contributed by atoms with van der Waals surface area (Å²) in [6.07, 6.45) is 3.51. The van der Waals surface area contributed by atoms with Gasteiger partial charge >= 0.3 is 5.97 Å². The smallest absolute Gasteiger partial charge is 0.339 e. The number of non-ortho nitro benzene ring substituents is 1. The Morgan fingerprint density at radius 1 is 0.850 bits per heavy atom. The summed E-state index contributed by atoms with van der Waals surface area (Å²) in [5.74, 6) is 1.86. The Morgan fingerprint density at radius 3 is 2.10 bits per heavy atom. The van der Waals surface area contributed by atoms with Crippen molar-refractivity contribution in [3.63, 3.8) is 0 Å². The number of hydrogen-bond donors (Lipinski definition) is 0. The molecule has 0 bridgehead atoms. The van der Waals surface area contributed by atoms with Gasteiger partial charge in [0.15, 0.2) is 35.2 Å². The number of oxazole rings is 1. The highest BCUT2D eigenvalue weighted by Gasteiger charge is 2.20. The molecule has 0 atom stereocenters. The van der Waals surface area contributed by atoms with Crippen molar-refractivity contribution in [3.8, 4) is 57.1 Å². The Labute approximate surface area is 228 Å². The molecule has 0 aliphatic heterocycles. The van der Waals surface area contributed by atoms with Crippen LogP contribution in [0.2, 0.25) is 0 Å². The number of nitrogens with zero attached hydrogens (tertiary/aromatic N) is 2. The fourth-order valence-corrected chi connectivity index (χ4v) is 3.73. The number of esters is 1. The Hall–Kier alpha value is -5.52. The molecule has 0 unspecified atom stereocenters. The standard InChI is InChI=1S/C28H24N2O10/c1-34-21-10-5-17(13-22(21)38-12-11-25(31)40-20-8-6-19(7-9-20)30(32)33)27-26(29-16-39-27)18-14-23(35-2)28(37-4)24(15-18)36-3/h5-16H,1-4H3/b12-11+. The van der Waals surface area contributed by atoms with Crippen molar-refractivity contribution < 1.29 is 42.6 Å². The lowest BCUT2D eigenvalue weighted by Gasteiger charge is -2.14. The highest BCUT2D eigenvalue weighted by atomic mass is 16.6. The van der Waals surface area contributed by atoms with Crippen LogP contribution in [0.5, 0.6) is 34.5 Å². The second kappa shape index (κ2) is 12.3. The second-order valence-corrected chi connectivity index (χ2v) is 7.90. The molecule has 0 N–H and O–H groups in total. The molecular weight excluding hydrogens is 524 g/mol. The monoisotopic (exact) mass is 548 g/mol. The first kappa shape index (κ1) is 27.5. The molecule has 0 aliphatic carbocycles. The van der Waals surface area contributed by atoms with Crippen LogP contribution in [0.1, 0.15) is 0 Å². The van der Waals surface area contributed by atoms with Crippen molar-refractivity contribution in [2.45, 2.75) is 0 Å². The third-order valence-corrected chi connectivity index (χ3v) is 5.60. The van der Waals surface area contributed by atoms with E-state index in [4.69, 9.17) is 32.8 Å². The highest BCUT2D eigenvalue weighted by Crippen LogP contribution is 2.43. The average molecular weight is 549 g/mol. The van der Waals surface area contributed by atoms with Gasteiger partial charge in [0.05, 0.1) is 45.7 Å². The molecule has 3 aromatic carbocycles. The van der Waals surface area contributed by atoms with E-state index in [0.717, 1.165) is 12.3 Å². The first-order chi connectivity index (χ1) is 19.4. The van der Waals surface area contributed by atoms with Gasteiger partial charge in [-0.3, -0.25) is 10.1 Å². The van der Waals surface area contributed by atoms with E-state index in [-0.39, 0.29) is 17.2 Å². The van der Waals surface area contributed by atoms with E-state index in [1.807, 2.05) is 0 Å². The number of methoxy groups -OCH3 is 4. The molecule has 1 aromatic heterocycles. The van der Waals surface area contributed by atoms with Gasteiger partial charge in [-0.25, -0.2) is 9.78 Å². The first-order valence-corrected chi connectivity index (χ1v) is 11.6. The molecule has 4 aromatic rings. The number of hydrogen-bond acceptors (Lipinski definition) is 11. The van der Waals surface area contributed by atoms with Crippen LogP contribution in [0.4, 0.5) is 5.69 Å². The maximum atomic E-state index is 12.2. The summed E-state index contributed by atoms with van der Waals surface area (Å²) in [5, 5.41) is 10.8. The van der Waals surface area contributed by atoms with E-state index < -0.39 is 10.9 Å². The van der Waals surface area contributed by atoms with Gasteiger partial charge < -0.3 is 32.8 Å². The lowest BCUT2D eigenvalue weighted by Crippen LogP contribution is -2.04. The number of carbonyl (C=O) groups excluding carboxylic acids is 1. The van der Waals surface area contributed by atoms with E-state index in [0.29, 0.717) is 45.6 Å². The van der Waals surface area contributed by atoms with Crippen LogP contribution in [0.3, 0.4) is 0 Å². The van der Waals surface area contributed by atoms with Gasteiger partial charge in [-0.05, 0) is 42.5 Å². The molecule has 1 heterocycles. The SMILES string of the molecule is COc1ccc(-c2ocnc2-c2cc(OC)c(OC)c(OC)c2)cc1O/C=C/C(=O)Oc1ccc([N+](=O)[O-])cc1. The summed E-state index contributed by atoms with van der Waals surface area (Å²) in [7, 11) is 6.04. The van der Waals surface area contributed by atoms with Crippen molar-refractivity contribution in [2.24, 2.45) is 0 Å². The summed E-state index contributed by atoms with van der Waals surface area (Å²) in [6, 6.07) is 13.7. The quantitative estimate of drug-likeness (QED) is 0.0590. The Bertz CT molecular complexity index is 1520. The van der Waals surface area contributed by atoms with Crippen LogP contribution in [0.25, 0.3) is 22.6 Å². The number of rotatable bonds is 11. The van der Waals surface area contributed by atoms with Gasteiger partial charge in [0, 0.05) is 23.3 Å². The molecule has 0 amide bonds. The van der Waals surface area contributed by atoms with E-state index in [1.54, 1.807) is 30.3 Å². The fourth-order valence-electron chi connectivity index (χ4n) is 3.73. The number of aromatic nitrogens is 1. The molecule has 12 nitrogen and oxygen atoms in total. The second-order valence-electron chi connectivity index (χ2n) is 7.90. The molecule has 0 spiro atoms. The van der Waals surface area contributed by atoms with Crippen LogP contribution >= 0.6 is 0 Å². The van der Waals surface area contributed by atoms with Gasteiger partial charge in [-0.15, -0.1) is 0 Å². The van der Waals surface area contributed by atoms with Crippen molar-refractivity contribution in [3.05, 3.63) is 83.4 Å². The van der Waals surface area contributed by atoms with Crippen LogP contribution in [0, 0.1) is 10.1 Å². The average Bonchev–Trinajstić information content (AvgIpc) is 3.46. The van der Waals surface area contributed by atoms with E-state index in [2.05, 4.69) is 4.98 Å². The van der Waals surface area contributed by atoms with Crippen molar-refractivity contribution in [1.82, 2.24) is 4.98 Å². The topological polar surface area (TPSA) is 142 Å². The Balaban J connectivity index is 1.56. The van der Waals surface area contributed by atoms with Gasteiger partial charge in [0.25, 0.3) is 5.69 Å². The van der Waals surface area contributed by atoms with Crippen molar-refractivity contribution in [1.29, 1.82) is 0 Å². The van der Waals surface area contributed by atoms with Crippen LogP contribution in [-0.4, -0.2) is 44.3 Å². The largest absolute Gasteiger partial charge is 0.493 e. The number of nitro groups is 1. The summed E-state index contributed by atoms with van der Waals surface area (Å²) < 4.78 is 38.2. The summed E-state index contributed by atoms with van der Waals surface area (Å²) in [5.41, 5.74) is 1.66. The van der Waals surface area contributed by atoms with E-state index >= 15 is 0 Å². The zero-order valence-corrected chi connectivity index (χ0v) is 21.9. The third kappa shape index (κ3) is 5.96. The summed E-state index contributed by atoms with van der Waals surface area (Å²) in [4.78, 5) is 26.8. The summed E-state index contributed by atoms with van der Waals surface area (Å²) >= 11 is 0. The molecule has 12 heteroatoms. The van der Waals surface area contributed by atoms with Gasteiger partial charge in [0.2, 0.25) is 5.75 Å². The minimum absolute atomic E-state index is 0.120. The fraction of sp³-hybridized carbons (Fsp3) is 0.143. The van der Waals surface area contributed by atoms with Crippen molar-refractivity contribution in [2.75, 3.05) is 28.4 Å². The van der Waals surface area contributed by atoms with Gasteiger partial charge in [0.1, 0.15) is 11.4 Å². The minimum atomic E-state index is -0.746. The molecule has 0 saturated carbocycles. The first-order valence-electron chi connectivity index (χ1n) is 11.6. The normalized spacial score (nSPS) is 10.7. The third-order valence-electron chi connectivity index (χ3n) is 5.60. The number of ether oxygens (including phenoxy) is 6. The molecule has 4 rings (SSSR count). The lowest BCUT2D eigenvalue weighted by molar-refractivity contribution is -0.384. The molecule has 0 radical (unpaired) electrons. The molecule has 206 valence electrons. The molecule has 0 fully saturated rings. The zero-order valence-electron chi connectivity index (χ0n) is 21.9. The zero-order chi connectivity index (χ0) is 28.6. The lowest BCUT2D eigenvalue weighted by atomic mass is 10.0.